The average molecular weight is 394 g/mol. The molecule has 29 heavy (non-hydrogen) atoms. The number of carbonyl (C=O) groups is 1. The fraction of sp³-hybridized carbons (Fsp3) is 0.318. The van der Waals surface area contributed by atoms with Crippen molar-refractivity contribution in [1.82, 2.24) is 10.2 Å². The highest BCUT2D eigenvalue weighted by Crippen LogP contribution is 2.22. The Bertz CT molecular complexity index is 896. The van der Waals surface area contributed by atoms with E-state index in [0.29, 0.717) is 6.54 Å². The second-order valence-electron chi connectivity index (χ2n) is 7.14. The number of benzene rings is 2. The fourth-order valence-electron chi connectivity index (χ4n) is 3.46. The lowest BCUT2D eigenvalue weighted by atomic mass is 9.99. The summed E-state index contributed by atoms with van der Waals surface area (Å²) in [6, 6.07) is 14.4. The molecule has 7 nitrogen and oxygen atoms in total. The van der Waals surface area contributed by atoms with Crippen LogP contribution in [0, 0.1) is 10.1 Å². The minimum Gasteiger partial charge on any atom is -0.398 e. The summed E-state index contributed by atoms with van der Waals surface area (Å²) in [7, 11) is 0. The maximum absolute atomic E-state index is 12.2. The molecule has 3 N–H and O–H groups in total. The van der Waals surface area contributed by atoms with Crippen molar-refractivity contribution in [2.24, 2.45) is 0 Å². The molecule has 0 aliphatic carbocycles. The number of nitrogens with zero attached hydrogens (tertiary/aromatic N) is 2. The Morgan fingerprint density at radius 1 is 1.17 bits per heavy atom. The molecule has 0 saturated carbocycles. The Kier molecular flexibility index (Phi) is 6.97. The molecule has 0 bridgehead atoms. The van der Waals surface area contributed by atoms with Crippen molar-refractivity contribution in [2.45, 2.75) is 19.3 Å². The number of nitro benzene ring substituents is 1. The molecule has 0 aromatic heterocycles. The maximum Gasteiger partial charge on any atom is 0.271 e. The van der Waals surface area contributed by atoms with Crippen LogP contribution in [0.2, 0.25) is 0 Å². The van der Waals surface area contributed by atoms with E-state index in [1.54, 1.807) is 0 Å². The third-order valence-corrected chi connectivity index (χ3v) is 5.12. The summed E-state index contributed by atoms with van der Waals surface area (Å²) in [5.74, 6) is -0.300. The molecule has 0 spiro atoms. The van der Waals surface area contributed by atoms with Crippen molar-refractivity contribution in [3.63, 3.8) is 0 Å². The molecule has 0 saturated heterocycles. The molecule has 1 heterocycles. The number of non-ortho nitro benzene ring substituents is 1. The van der Waals surface area contributed by atoms with Crippen LogP contribution in [-0.4, -0.2) is 41.9 Å². The zero-order valence-corrected chi connectivity index (χ0v) is 16.3. The molecular formula is C22H26N4O3. The van der Waals surface area contributed by atoms with Crippen molar-refractivity contribution in [3.05, 3.63) is 75.8 Å². The first kappa shape index (κ1) is 20.5. The summed E-state index contributed by atoms with van der Waals surface area (Å²) in [4.78, 5) is 24.8. The summed E-state index contributed by atoms with van der Waals surface area (Å²) in [6.07, 6.45) is 5.22. The van der Waals surface area contributed by atoms with Gasteiger partial charge in [0, 0.05) is 31.8 Å². The molecule has 2 aromatic carbocycles. The lowest BCUT2D eigenvalue weighted by Gasteiger charge is -2.26. The van der Waals surface area contributed by atoms with Crippen molar-refractivity contribution >= 4 is 22.9 Å². The second kappa shape index (κ2) is 9.84. The third-order valence-electron chi connectivity index (χ3n) is 5.12. The number of nitrogens with one attached hydrogen (secondary N) is 1. The molecule has 1 aliphatic rings. The van der Waals surface area contributed by atoms with Crippen molar-refractivity contribution < 1.29 is 9.72 Å². The monoisotopic (exact) mass is 394 g/mol. The topological polar surface area (TPSA) is 101 Å². The first-order chi connectivity index (χ1) is 14.0. The van der Waals surface area contributed by atoms with E-state index < -0.39 is 4.92 Å². The van der Waals surface area contributed by atoms with Crippen molar-refractivity contribution in [2.75, 3.05) is 31.9 Å². The predicted molar refractivity (Wildman–Crippen MR) is 115 cm³/mol. The quantitative estimate of drug-likeness (QED) is 0.309. The van der Waals surface area contributed by atoms with Gasteiger partial charge < -0.3 is 11.1 Å². The fourth-order valence-corrected chi connectivity index (χ4v) is 3.46. The number of nitrogens with two attached hydrogens (primary N) is 1. The van der Waals surface area contributed by atoms with E-state index in [1.807, 2.05) is 6.07 Å². The summed E-state index contributed by atoms with van der Waals surface area (Å²) in [6.45, 7) is 3.55. The number of unbranched alkanes of at least 4 members (excludes halogenated alkanes) is 1. The van der Waals surface area contributed by atoms with Gasteiger partial charge in [-0.3, -0.25) is 19.8 Å². The van der Waals surface area contributed by atoms with E-state index in [0.717, 1.165) is 38.9 Å². The highest BCUT2D eigenvalue weighted by Gasteiger charge is 2.15. The molecule has 0 unspecified atom stereocenters. The third kappa shape index (κ3) is 5.65. The molecule has 1 aliphatic heterocycles. The minimum atomic E-state index is -0.531. The van der Waals surface area contributed by atoms with Gasteiger partial charge in [-0.15, -0.1) is 0 Å². The first-order valence-corrected chi connectivity index (χ1v) is 9.83. The molecule has 1 amide bonds. The lowest BCUT2D eigenvalue weighted by Crippen LogP contribution is -2.30. The Labute approximate surface area is 170 Å². The van der Waals surface area contributed by atoms with Gasteiger partial charge in [-0.2, -0.15) is 0 Å². The van der Waals surface area contributed by atoms with Crippen LogP contribution in [0.25, 0.3) is 5.57 Å². The van der Waals surface area contributed by atoms with E-state index in [4.69, 9.17) is 5.73 Å². The minimum absolute atomic E-state index is 0.117. The number of anilines is 1. The van der Waals surface area contributed by atoms with Gasteiger partial charge in [-0.25, -0.2) is 0 Å². The van der Waals surface area contributed by atoms with Crippen LogP contribution in [0.1, 0.15) is 35.2 Å². The van der Waals surface area contributed by atoms with Crippen LogP contribution in [0.4, 0.5) is 11.4 Å². The maximum atomic E-state index is 12.2. The zero-order valence-electron chi connectivity index (χ0n) is 16.3. The second-order valence-corrected chi connectivity index (χ2v) is 7.14. The molecule has 7 heteroatoms. The van der Waals surface area contributed by atoms with Crippen molar-refractivity contribution in [1.29, 1.82) is 0 Å². The average Bonchev–Trinajstić information content (AvgIpc) is 2.74. The van der Waals surface area contributed by atoms with E-state index in [1.165, 1.54) is 29.3 Å². The summed E-state index contributed by atoms with van der Waals surface area (Å²) >= 11 is 0. The van der Waals surface area contributed by atoms with Crippen LogP contribution in [-0.2, 0) is 0 Å². The smallest absolute Gasteiger partial charge is 0.271 e. The van der Waals surface area contributed by atoms with Gasteiger partial charge in [-0.05, 0) is 43.0 Å². The standard InChI is InChI=1S/C22H26N4O3/c23-21-16-19(26(28)29)8-9-20(21)22(27)24-12-4-5-13-25-14-10-18(11-15-25)17-6-2-1-3-7-17/h1-3,6-10,16H,4-5,11-15,23H2,(H,24,27). The van der Waals surface area contributed by atoms with Crippen LogP contribution < -0.4 is 11.1 Å². The number of hydrogen-bond donors (Lipinski definition) is 2. The summed E-state index contributed by atoms with van der Waals surface area (Å²) in [5, 5.41) is 13.6. The number of hydrogen-bond acceptors (Lipinski definition) is 5. The molecule has 0 radical (unpaired) electrons. The van der Waals surface area contributed by atoms with E-state index in [2.05, 4.69) is 40.6 Å². The zero-order chi connectivity index (χ0) is 20.6. The summed E-state index contributed by atoms with van der Waals surface area (Å²) < 4.78 is 0. The van der Waals surface area contributed by atoms with Crippen LogP contribution in [0.5, 0.6) is 0 Å². The van der Waals surface area contributed by atoms with E-state index in [-0.39, 0.29) is 22.8 Å². The van der Waals surface area contributed by atoms with Gasteiger partial charge >= 0.3 is 0 Å². The number of carbonyl (C=O) groups excluding carboxylic acids is 1. The van der Waals surface area contributed by atoms with Gasteiger partial charge in [0.05, 0.1) is 16.2 Å². The normalized spacial score (nSPS) is 14.3. The Morgan fingerprint density at radius 3 is 2.62 bits per heavy atom. The molecule has 0 fully saturated rings. The van der Waals surface area contributed by atoms with Gasteiger partial charge in [0.25, 0.3) is 11.6 Å². The molecule has 152 valence electrons. The van der Waals surface area contributed by atoms with E-state index in [9.17, 15) is 14.9 Å². The first-order valence-electron chi connectivity index (χ1n) is 9.83. The predicted octanol–water partition coefficient (Wildman–Crippen LogP) is 3.48. The SMILES string of the molecule is Nc1cc([N+](=O)[O-])ccc1C(=O)NCCCCN1CC=C(c2ccccc2)CC1. The molecule has 0 atom stereocenters. The number of amides is 1. The molecule has 3 rings (SSSR count). The van der Waals surface area contributed by atoms with Gasteiger partial charge in [0.2, 0.25) is 0 Å². The van der Waals surface area contributed by atoms with Crippen LogP contribution in [0.15, 0.2) is 54.6 Å². The number of nitro groups is 1. The highest BCUT2D eigenvalue weighted by molar-refractivity contribution is 5.99. The van der Waals surface area contributed by atoms with Gasteiger partial charge in [0.15, 0.2) is 0 Å². The molecule has 2 aromatic rings. The Morgan fingerprint density at radius 2 is 1.97 bits per heavy atom. The molecular weight excluding hydrogens is 368 g/mol. The number of nitrogen functional groups attached to an aromatic ring is 1. The van der Waals surface area contributed by atoms with Gasteiger partial charge in [-0.1, -0.05) is 36.4 Å². The Hall–Kier alpha value is -3.19. The van der Waals surface area contributed by atoms with Crippen molar-refractivity contribution in [3.8, 4) is 0 Å². The van der Waals surface area contributed by atoms with Gasteiger partial charge in [0.1, 0.15) is 0 Å². The lowest BCUT2D eigenvalue weighted by molar-refractivity contribution is -0.384. The van der Waals surface area contributed by atoms with Crippen LogP contribution in [0.3, 0.4) is 0 Å². The summed E-state index contributed by atoms with van der Waals surface area (Å²) in [5.41, 5.74) is 8.75. The van der Waals surface area contributed by atoms with E-state index >= 15 is 0 Å². The van der Waals surface area contributed by atoms with Crippen LogP contribution >= 0.6 is 0 Å². The number of rotatable bonds is 8. The Balaban J connectivity index is 1.37. The highest BCUT2D eigenvalue weighted by atomic mass is 16.6. The largest absolute Gasteiger partial charge is 0.398 e.